The van der Waals surface area contributed by atoms with Gasteiger partial charge in [0.2, 0.25) is 0 Å². The number of nitrogens with zero attached hydrogens (tertiary/aromatic N) is 1. The molecular weight excluding hydrogens is 470 g/mol. The van der Waals surface area contributed by atoms with E-state index in [1.54, 1.807) is 0 Å². The first-order valence-electron chi connectivity index (χ1n) is 6.04. The second-order valence-corrected chi connectivity index (χ2v) is 6.76. The van der Waals surface area contributed by atoms with Crippen LogP contribution in [0.15, 0.2) is 17.9 Å². The van der Waals surface area contributed by atoms with Crippen LogP contribution >= 0.6 is 45.2 Å². The third-order valence-electron chi connectivity index (χ3n) is 2.89. The summed E-state index contributed by atoms with van der Waals surface area (Å²) in [4.78, 5) is 2.26. The number of ether oxygens (including phenoxy) is 1. The van der Waals surface area contributed by atoms with Crippen molar-refractivity contribution in [3.8, 4) is 5.75 Å². The van der Waals surface area contributed by atoms with E-state index in [4.69, 9.17) is 10.5 Å². The highest BCUT2D eigenvalue weighted by Gasteiger charge is 2.15. The van der Waals surface area contributed by atoms with Crippen molar-refractivity contribution in [1.82, 2.24) is 4.90 Å². The first-order chi connectivity index (χ1) is 9.10. The third kappa shape index (κ3) is 4.20. The lowest BCUT2D eigenvalue weighted by Gasteiger charge is -2.28. The van der Waals surface area contributed by atoms with Crippen molar-refractivity contribution in [2.75, 3.05) is 32.8 Å². The summed E-state index contributed by atoms with van der Waals surface area (Å²) in [5.41, 5.74) is 6.38. The number of nitrogens with two attached hydrogens (primary N) is 1. The molecule has 0 radical (unpaired) electrons. The van der Waals surface area contributed by atoms with E-state index in [9.17, 15) is 5.11 Å². The Bertz CT molecular complexity index is 490. The van der Waals surface area contributed by atoms with Gasteiger partial charge in [-0.3, -0.25) is 4.90 Å². The van der Waals surface area contributed by atoms with Gasteiger partial charge in [0.05, 0.1) is 10.1 Å². The second-order valence-electron chi connectivity index (χ2n) is 4.35. The van der Waals surface area contributed by atoms with Gasteiger partial charge >= 0.3 is 0 Å². The lowest BCUT2D eigenvalue weighted by atomic mass is 10.1. The Morgan fingerprint density at radius 3 is 2.95 bits per heavy atom. The predicted octanol–water partition coefficient (Wildman–Crippen LogP) is 2.23. The summed E-state index contributed by atoms with van der Waals surface area (Å²) in [6.07, 6.45) is 1.92. The van der Waals surface area contributed by atoms with Gasteiger partial charge < -0.3 is 15.6 Å². The fourth-order valence-electron chi connectivity index (χ4n) is 1.98. The molecule has 0 bridgehead atoms. The summed E-state index contributed by atoms with van der Waals surface area (Å²) in [5.74, 6) is 1.20. The molecule has 0 saturated carbocycles. The predicted molar refractivity (Wildman–Crippen MR) is 93.0 cm³/mol. The molecule has 4 nitrogen and oxygen atoms in total. The molecule has 1 aromatic carbocycles. The molecule has 1 fully saturated rings. The van der Waals surface area contributed by atoms with Crippen molar-refractivity contribution in [1.29, 1.82) is 0 Å². The van der Waals surface area contributed by atoms with Crippen LogP contribution in [0.2, 0.25) is 0 Å². The highest BCUT2D eigenvalue weighted by molar-refractivity contribution is 14.1. The molecule has 19 heavy (non-hydrogen) atoms. The Kier molecular flexibility index (Phi) is 5.72. The number of hydrogen-bond acceptors (Lipinski definition) is 4. The fraction of sp³-hybridized carbons (Fsp3) is 0.385. The molecule has 1 saturated heterocycles. The smallest absolute Gasteiger partial charge is 0.136 e. The van der Waals surface area contributed by atoms with Crippen molar-refractivity contribution in [3.63, 3.8) is 0 Å². The molecular formula is C13H16I2N2O2. The highest BCUT2D eigenvalue weighted by Crippen LogP contribution is 2.29. The maximum atomic E-state index is 10.1. The van der Waals surface area contributed by atoms with E-state index < -0.39 is 0 Å². The van der Waals surface area contributed by atoms with Crippen LogP contribution in [-0.4, -0.2) is 42.8 Å². The summed E-state index contributed by atoms with van der Waals surface area (Å²) in [6, 6.07) is 3.90. The van der Waals surface area contributed by atoms with Crippen LogP contribution in [0, 0.1) is 7.14 Å². The molecule has 2 rings (SSSR count). The molecule has 0 aromatic heterocycles. The van der Waals surface area contributed by atoms with Crippen LogP contribution in [0.25, 0.3) is 6.08 Å². The molecule has 0 unspecified atom stereocenters. The average molecular weight is 486 g/mol. The van der Waals surface area contributed by atoms with Gasteiger partial charge in [-0.2, -0.15) is 0 Å². The van der Waals surface area contributed by atoms with Crippen LogP contribution in [0.5, 0.6) is 5.75 Å². The first kappa shape index (κ1) is 15.3. The molecule has 0 spiro atoms. The number of benzene rings is 1. The number of morpholine rings is 1. The van der Waals surface area contributed by atoms with E-state index in [1.807, 2.05) is 18.2 Å². The van der Waals surface area contributed by atoms with Gasteiger partial charge in [-0.05, 0) is 63.4 Å². The van der Waals surface area contributed by atoms with E-state index in [-0.39, 0.29) is 0 Å². The molecule has 3 N–H and O–H groups in total. The Morgan fingerprint density at radius 1 is 1.42 bits per heavy atom. The summed E-state index contributed by atoms with van der Waals surface area (Å²) >= 11 is 4.38. The van der Waals surface area contributed by atoms with Crippen molar-refractivity contribution >= 4 is 51.3 Å². The van der Waals surface area contributed by atoms with Crippen molar-refractivity contribution in [2.45, 2.75) is 0 Å². The topological polar surface area (TPSA) is 58.7 Å². The molecule has 6 heteroatoms. The number of hydrogen-bond donors (Lipinski definition) is 2. The maximum Gasteiger partial charge on any atom is 0.136 e. The number of phenolic OH excluding ortho intramolecular Hbond substituents is 1. The van der Waals surface area contributed by atoms with E-state index in [0.29, 0.717) is 18.9 Å². The Hall–Kier alpha value is -0.0600. The van der Waals surface area contributed by atoms with E-state index >= 15 is 0 Å². The van der Waals surface area contributed by atoms with Gasteiger partial charge in [-0.25, -0.2) is 0 Å². The number of aromatic hydroxyl groups is 1. The van der Waals surface area contributed by atoms with Crippen LogP contribution in [0.1, 0.15) is 5.56 Å². The van der Waals surface area contributed by atoms with Crippen LogP contribution in [-0.2, 0) is 4.74 Å². The van der Waals surface area contributed by atoms with E-state index in [0.717, 1.165) is 38.1 Å². The second kappa shape index (κ2) is 7.09. The molecule has 1 aliphatic heterocycles. The largest absolute Gasteiger partial charge is 0.506 e. The minimum atomic E-state index is 0.313. The van der Waals surface area contributed by atoms with Gasteiger partial charge in [0.15, 0.2) is 0 Å². The van der Waals surface area contributed by atoms with Gasteiger partial charge in [0, 0.05) is 28.8 Å². The summed E-state index contributed by atoms with van der Waals surface area (Å²) < 4.78 is 7.61. The van der Waals surface area contributed by atoms with Crippen molar-refractivity contribution in [2.24, 2.45) is 5.73 Å². The molecule has 104 valence electrons. The molecule has 0 amide bonds. The van der Waals surface area contributed by atoms with Gasteiger partial charge in [-0.1, -0.05) is 0 Å². The average Bonchev–Trinajstić information content (AvgIpc) is 2.36. The molecule has 0 atom stereocenters. The van der Waals surface area contributed by atoms with Crippen LogP contribution in [0.4, 0.5) is 0 Å². The monoisotopic (exact) mass is 486 g/mol. The minimum Gasteiger partial charge on any atom is -0.506 e. The molecule has 1 aliphatic rings. The molecule has 0 aliphatic carbocycles. The zero-order valence-corrected chi connectivity index (χ0v) is 14.7. The van der Waals surface area contributed by atoms with E-state index in [2.05, 4.69) is 50.1 Å². The number of halogens is 2. The maximum absolute atomic E-state index is 10.1. The summed E-state index contributed by atoms with van der Waals surface area (Å²) in [5, 5.41) is 10.1. The fourth-order valence-corrected chi connectivity index (χ4v) is 3.87. The molecule has 1 heterocycles. The van der Waals surface area contributed by atoms with Crippen molar-refractivity contribution < 1.29 is 9.84 Å². The van der Waals surface area contributed by atoms with Crippen LogP contribution < -0.4 is 5.73 Å². The standard InChI is InChI=1S/C13H16I2N2O2/c14-10-5-9(13(18)12(15)7-10)6-11-8-17(2-1-16)3-4-19-11/h5-7,18H,1-4,8,16H2. The first-order valence-corrected chi connectivity index (χ1v) is 8.19. The van der Waals surface area contributed by atoms with Gasteiger partial charge in [0.1, 0.15) is 18.1 Å². The zero-order valence-electron chi connectivity index (χ0n) is 10.4. The third-order valence-corrected chi connectivity index (χ3v) is 4.34. The Morgan fingerprint density at radius 2 is 2.21 bits per heavy atom. The van der Waals surface area contributed by atoms with Crippen LogP contribution in [0.3, 0.4) is 0 Å². The van der Waals surface area contributed by atoms with E-state index in [1.165, 1.54) is 0 Å². The van der Waals surface area contributed by atoms with Gasteiger partial charge in [0.25, 0.3) is 0 Å². The quantitative estimate of drug-likeness (QED) is 0.645. The summed E-state index contributed by atoms with van der Waals surface area (Å²) in [6.45, 7) is 3.85. The normalized spacial score (nSPS) is 18.6. The lowest BCUT2D eigenvalue weighted by molar-refractivity contribution is 0.0983. The summed E-state index contributed by atoms with van der Waals surface area (Å²) in [7, 11) is 0. The van der Waals surface area contributed by atoms with Gasteiger partial charge in [-0.15, -0.1) is 0 Å². The lowest BCUT2D eigenvalue weighted by Crippen LogP contribution is -2.38. The highest BCUT2D eigenvalue weighted by atomic mass is 127. The number of phenols is 1. The molecule has 1 aromatic rings. The Labute approximate surface area is 140 Å². The SMILES string of the molecule is NCCN1CCOC(=Cc2cc(I)cc(I)c2O)C1. The Balaban J connectivity index is 2.21. The number of rotatable bonds is 3. The van der Waals surface area contributed by atoms with Crippen molar-refractivity contribution in [3.05, 3.63) is 30.6 Å². The minimum absolute atomic E-state index is 0.313. The zero-order chi connectivity index (χ0) is 13.8.